The maximum atomic E-state index is 11.3. The molecule has 0 radical (unpaired) electrons. The van der Waals surface area contributed by atoms with Gasteiger partial charge in [-0.2, -0.15) is 0 Å². The summed E-state index contributed by atoms with van der Waals surface area (Å²) < 4.78 is 0. The van der Waals surface area contributed by atoms with E-state index in [1.807, 2.05) is 27.8 Å². The van der Waals surface area contributed by atoms with Gasteiger partial charge in [-0.25, -0.2) is 0 Å². The lowest BCUT2D eigenvalue weighted by Crippen LogP contribution is -2.40. The van der Waals surface area contributed by atoms with Crippen LogP contribution in [-0.2, 0) is 4.79 Å². The fraction of sp³-hybridized carbons (Fsp3) is 0.700. The van der Waals surface area contributed by atoms with E-state index in [9.17, 15) is 4.79 Å². The molecule has 1 amide bonds. The van der Waals surface area contributed by atoms with E-state index in [1.165, 1.54) is 0 Å². The maximum absolute atomic E-state index is 11.3. The average molecular weight is 184 g/mol. The van der Waals surface area contributed by atoms with Gasteiger partial charge in [-0.3, -0.25) is 4.79 Å². The standard InChI is InChI=1S/C10H20N2O/c1-8(11-5)6-7-9(13)12-10(2,3)4/h11H,1,6-7H2,2-5H3,(H,12,13). The Hall–Kier alpha value is -0.990. The first kappa shape index (κ1) is 12.0. The Kier molecular flexibility index (Phi) is 4.52. The number of allylic oxidation sites excluding steroid dienone is 1. The minimum atomic E-state index is -0.141. The van der Waals surface area contributed by atoms with Crippen molar-refractivity contribution < 1.29 is 4.79 Å². The number of nitrogens with one attached hydrogen (secondary N) is 2. The number of rotatable bonds is 4. The highest BCUT2D eigenvalue weighted by Gasteiger charge is 2.12. The molecular formula is C10H20N2O. The SMILES string of the molecule is C=C(CCC(=O)NC(C)(C)C)NC. The van der Waals surface area contributed by atoms with E-state index >= 15 is 0 Å². The van der Waals surface area contributed by atoms with E-state index in [-0.39, 0.29) is 11.4 Å². The largest absolute Gasteiger partial charge is 0.392 e. The Morgan fingerprint density at radius 2 is 1.85 bits per heavy atom. The van der Waals surface area contributed by atoms with Crippen LogP contribution in [-0.4, -0.2) is 18.5 Å². The van der Waals surface area contributed by atoms with Gasteiger partial charge in [0.15, 0.2) is 0 Å². The van der Waals surface area contributed by atoms with Crippen LogP contribution < -0.4 is 10.6 Å². The summed E-state index contributed by atoms with van der Waals surface area (Å²) in [5.41, 5.74) is 0.752. The van der Waals surface area contributed by atoms with Crippen LogP contribution >= 0.6 is 0 Å². The smallest absolute Gasteiger partial charge is 0.220 e. The molecule has 0 fully saturated rings. The number of carbonyl (C=O) groups is 1. The van der Waals surface area contributed by atoms with E-state index < -0.39 is 0 Å². The van der Waals surface area contributed by atoms with Gasteiger partial charge in [0.25, 0.3) is 0 Å². The van der Waals surface area contributed by atoms with Gasteiger partial charge in [0.1, 0.15) is 0 Å². The molecule has 0 aliphatic heterocycles. The summed E-state index contributed by atoms with van der Waals surface area (Å²) in [6, 6.07) is 0. The van der Waals surface area contributed by atoms with E-state index in [0.717, 1.165) is 5.70 Å². The van der Waals surface area contributed by atoms with E-state index in [2.05, 4.69) is 17.2 Å². The van der Waals surface area contributed by atoms with Crippen molar-refractivity contribution in [3.05, 3.63) is 12.3 Å². The van der Waals surface area contributed by atoms with Crippen molar-refractivity contribution in [3.8, 4) is 0 Å². The van der Waals surface area contributed by atoms with E-state index in [0.29, 0.717) is 12.8 Å². The second-order valence-corrected chi connectivity index (χ2v) is 4.15. The summed E-state index contributed by atoms with van der Waals surface area (Å²) >= 11 is 0. The van der Waals surface area contributed by atoms with Crippen molar-refractivity contribution in [1.29, 1.82) is 0 Å². The fourth-order valence-electron chi connectivity index (χ4n) is 0.870. The molecule has 0 saturated heterocycles. The number of carbonyl (C=O) groups excluding carboxylic acids is 1. The molecule has 0 aromatic heterocycles. The lowest BCUT2D eigenvalue weighted by Gasteiger charge is -2.20. The van der Waals surface area contributed by atoms with Gasteiger partial charge in [0.2, 0.25) is 5.91 Å². The first-order chi connectivity index (χ1) is 5.85. The highest BCUT2D eigenvalue weighted by molar-refractivity contribution is 5.76. The van der Waals surface area contributed by atoms with Crippen molar-refractivity contribution in [2.75, 3.05) is 7.05 Å². The first-order valence-corrected chi connectivity index (χ1v) is 4.51. The third kappa shape index (κ3) is 7.37. The van der Waals surface area contributed by atoms with Gasteiger partial charge in [-0.05, 0) is 27.2 Å². The predicted molar refractivity (Wildman–Crippen MR) is 55.3 cm³/mol. The van der Waals surface area contributed by atoms with Crippen molar-refractivity contribution in [2.45, 2.75) is 39.2 Å². The highest BCUT2D eigenvalue weighted by atomic mass is 16.1. The molecule has 0 spiro atoms. The van der Waals surface area contributed by atoms with E-state index in [1.54, 1.807) is 0 Å². The molecule has 76 valence electrons. The summed E-state index contributed by atoms with van der Waals surface area (Å²) in [6.45, 7) is 9.66. The summed E-state index contributed by atoms with van der Waals surface area (Å²) in [6.07, 6.45) is 1.19. The quantitative estimate of drug-likeness (QED) is 0.693. The molecule has 0 aromatic rings. The molecule has 0 aromatic carbocycles. The Bertz CT molecular complexity index is 192. The van der Waals surface area contributed by atoms with Crippen LogP contribution in [0.2, 0.25) is 0 Å². The molecule has 13 heavy (non-hydrogen) atoms. The van der Waals surface area contributed by atoms with Gasteiger partial charge in [-0.1, -0.05) is 6.58 Å². The molecule has 0 heterocycles. The van der Waals surface area contributed by atoms with Crippen LogP contribution in [0.15, 0.2) is 12.3 Å². The third-order valence-corrected chi connectivity index (χ3v) is 1.52. The second-order valence-electron chi connectivity index (χ2n) is 4.15. The van der Waals surface area contributed by atoms with Crippen LogP contribution in [0.4, 0.5) is 0 Å². The van der Waals surface area contributed by atoms with Crippen LogP contribution in [0.3, 0.4) is 0 Å². The van der Waals surface area contributed by atoms with Crippen molar-refractivity contribution >= 4 is 5.91 Å². The maximum Gasteiger partial charge on any atom is 0.220 e. The molecule has 3 nitrogen and oxygen atoms in total. The van der Waals surface area contributed by atoms with Crippen molar-refractivity contribution in [1.82, 2.24) is 10.6 Å². The molecule has 3 heteroatoms. The molecule has 0 saturated carbocycles. The van der Waals surface area contributed by atoms with Gasteiger partial charge in [-0.15, -0.1) is 0 Å². The summed E-state index contributed by atoms with van der Waals surface area (Å²) in [5, 5.41) is 5.80. The zero-order chi connectivity index (χ0) is 10.5. The minimum Gasteiger partial charge on any atom is -0.392 e. The van der Waals surface area contributed by atoms with Crippen LogP contribution in [0, 0.1) is 0 Å². The molecule has 0 aliphatic rings. The highest BCUT2D eigenvalue weighted by Crippen LogP contribution is 2.02. The molecule has 0 aliphatic carbocycles. The van der Waals surface area contributed by atoms with Gasteiger partial charge < -0.3 is 10.6 Å². The molecule has 0 bridgehead atoms. The first-order valence-electron chi connectivity index (χ1n) is 4.51. The van der Waals surface area contributed by atoms with Crippen LogP contribution in [0.5, 0.6) is 0 Å². The summed E-state index contributed by atoms with van der Waals surface area (Å²) in [7, 11) is 1.81. The van der Waals surface area contributed by atoms with Gasteiger partial charge in [0, 0.05) is 24.7 Å². The summed E-state index contributed by atoms with van der Waals surface area (Å²) in [4.78, 5) is 11.3. The molecule has 0 rings (SSSR count). The molecule has 2 N–H and O–H groups in total. The van der Waals surface area contributed by atoms with Crippen molar-refractivity contribution in [2.24, 2.45) is 0 Å². The van der Waals surface area contributed by atoms with Crippen LogP contribution in [0.1, 0.15) is 33.6 Å². The topological polar surface area (TPSA) is 41.1 Å². The van der Waals surface area contributed by atoms with E-state index in [4.69, 9.17) is 0 Å². The zero-order valence-corrected chi connectivity index (χ0v) is 9.03. The lowest BCUT2D eigenvalue weighted by atomic mass is 10.1. The minimum absolute atomic E-state index is 0.0731. The lowest BCUT2D eigenvalue weighted by molar-refractivity contribution is -0.122. The average Bonchev–Trinajstić information content (AvgIpc) is 1.97. The number of hydrogen-bond donors (Lipinski definition) is 2. The second kappa shape index (κ2) is 4.90. The van der Waals surface area contributed by atoms with Crippen molar-refractivity contribution in [3.63, 3.8) is 0 Å². The Labute approximate surface area is 80.6 Å². The Morgan fingerprint density at radius 3 is 2.23 bits per heavy atom. The molecular weight excluding hydrogens is 164 g/mol. The predicted octanol–water partition coefficient (Wildman–Crippen LogP) is 1.41. The Balaban J connectivity index is 3.71. The zero-order valence-electron chi connectivity index (χ0n) is 9.03. The normalized spacial score (nSPS) is 10.8. The molecule has 0 atom stereocenters. The van der Waals surface area contributed by atoms with Gasteiger partial charge >= 0.3 is 0 Å². The van der Waals surface area contributed by atoms with Gasteiger partial charge in [0.05, 0.1) is 0 Å². The number of hydrogen-bond acceptors (Lipinski definition) is 2. The Morgan fingerprint density at radius 1 is 1.31 bits per heavy atom. The summed E-state index contributed by atoms with van der Waals surface area (Å²) in [5.74, 6) is 0.0731. The third-order valence-electron chi connectivity index (χ3n) is 1.52. The van der Waals surface area contributed by atoms with Crippen LogP contribution in [0.25, 0.3) is 0 Å². The monoisotopic (exact) mass is 184 g/mol. The fourth-order valence-corrected chi connectivity index (χ4v) is 0.870. The molecule has 0 unspecified atom stereocenters. The number of amides is 1.